The zero-order chi connectivity index (χ0) is 37.8. The van der Waals surface area contributed by atoms with E-state index in [4.69, 9.17) is 13.8 Å². The zero-order valence-electron chi connectivity index (χ0n) is 30.5. The summed E-state index contributed by atoms with van der Waals surface area (Å²) in [5, 5.41) is 6.33. The van der Waals surface area contributed by atoms with Gasteiger partial charge in [-0.2, -0.15) is 4.39 Å². The Bertz CT molecular complexity index is 1580. The molecule has 1 aromatic carbocycles. The molecule has 3 atom stereocenters. The van der Waals surface area contributed by atoms with E-state index in [1.807, 2.05) is 35.3 Å². The second-order valence-corrected chi connectivity index (χ2v) is 15.9. The second kappa shape index (κ2) is 28.3. The third kappa shape index (κ3) is 20.2. The van der Waals surface area contributed by atoms with Crippen LogP contribution in [0.4, 0.5) is 4.39 Å². The maximum Gasteiger partial charge on any atom is 0.330 e. The highest BCUT2D eigenvalue weighted by Crippen LogP contribution is 2.37. The molecule has 3 unspecified atom stereocenters. The van der Waals surface area contributed by atoms with Gasteiger partial charge in [-0.05, 0) is 69.9 Å². The Morgan fingerprint density at radius 2 is 1.58 bits per heavy atom. The summed E-state index contributed by atoms with van der Waals surface area (Å²) in [4.78, 5) is 37.6. The SMILES string of the molecule is CC/C=C\C/C=C\C/C=C\C/C=C\C/C=C\CCCC(=O)NCCSSCCNP(OCC1CCC(n2cc(F)c(=O)[nH]c2=O)O1)Oc1ccccc1. The molecule has 1 amide bonds. The van der Waals surface area contributed by atoms with E-state index in [2.05, 4.69) is 78.1 Å². The van der Waals surface area contributed by atoms with Crippen LogP contribution in [-0.4, -0.2) is 52.8 Å². The molecule has 0 radical (unpaired) electrons. The van der Waals surface area contributed by atoms with Gasteiger partial charge in [-0.3, -0.25) is 19.1 Å². The van der Waals surface area contributed by atoms with E-state index < -0.39 is 31.8 Å². The number of rotatable bonds is 27. The average Bonchev–Trinajstić information content (AvgIpc) is 3.63. The fraction of sp³-hybridized carbons (Fsp3) is 0.462. The lowest BCUT2D eigenvalue weighted by molar-refractivity contribution is -0.121. The minimum absolute atomic E-state index is 0.0842. The van der Waals surface area contributed by atoms with Gasteiger partial charge in [-0.15, -0.1) is 0 Å². The molecule has 2 heterocycles. The Morgan fingerprint density at radius 3 is 2.26 bits per heavy atom. The number of halogens is 1. The van der Waals surface area contributed by atoms with Crippen molar-refractivity contribution in [3.05, 3.63) is 124 Å². The van der Waals surface area contributed by atoms with Crippen molar-refractivity contribution in [2.45, 2.75) is 83.5 Å². The normalized spacial score (nSPS) is 16.9. The Balaban J connectivity index is 1.20. The Morgan fingerprint density at radius 1 is 0.943 bits per heavy atom. The summed E-state index contributed by atoms with van der Waals surface area (Å²) in [7, 11) is 1.91. The van der Waals surface area contributed by atoms with Crippen LogP contribution >= 0.6 is 30.1 Å². The monoisotopic (exact) mass is 788 g/mol. The average molecular weight is 789 g/mol. The summed E-state index contributed by atoms with van der Waals surface area (Å²) in [6, 6.07) is 9.37. The Hall–Kier alpha value is -3.19. The second-order valence-electron chi connectivity index (χ2n) is 11.9. The van der Waals surface area contributed by atoms with Crippen LogP contribution in [-0.2, 0) is 14.1 Å². The number of ether oxygens (including phenoxy) is 1. The fourth-order valence-electron chi connectivity index (χ4n) is 4.89. The van der Waals surface area contributed by atoms with Crippen LogP contribution in [0.1, 0.15) is 77.4 Å². The number of nitrogens with zero attached hydrogens (tertiary/aromatic N) is 1. The summed E-state index contributed by atoms with van der Waals surface area (Å²) >= 11 is 0. The van der Waals surface area contributed by atoms with E-state index >= 15 is 0 Å². The van der Waals surface area contributed by atoms with E-state index in [0.29, 0.717) is 38.1 Å². The molecule has 1 aliphatic rings. The van der Waals surface area contributed by atoms with E-state index in [0.717, 1.165) is 67.2 Å². The highest BCUT2D eigenvalue weighted by molar-refractivity contribution is 8.76. The van der Waals surface area contributed by atoms with Gasteiger partial charge in [0, 0.05) is 31.0 Å². The number of para-hydroxylation sites is 1. The summed E-state index contributed by atoms with van der Waals surface area (Å²) in [5.74, 6) is 1.32. The number of carbonyl (C=O) groups excluding carboxylic acids is 1. The summed E-state index contributed by atoms with van der Waals surface area (Å²) in [6.45, 7) is 3.62. The fourth-order valence-corrected chi connectivity index (χ4v) is 7.97. The number of nitrogens with one attached hydrogen (secondary N) is 3. The van der Waals surface area contributed by atoms with Gasteiger partial charge in [0.05, 0.1) is 18.9 Å². The van der Waals surface area contributed by atoms with Crippen molar-refractivity contribution in [1.29, 1.82) is 0 Å². The molecule has 53 heavy (non-hydrogen) atoms. The maximum absolute atomic E-state index is 13.8. The van der Waals surface area contributed by atoms with Crippen molar-refractivity contribution in [2.75, 3.05) is 31.2 Å². The third-order valence-corrected chi connectivity index (χ3v) is 11.2. The number of hydrogen-bond acceptors (Lipinski definition) is 9. The summed E-state index contributed by atoms with van der Waals surface area (Å²) < 4.78 is 32.9. The van der Waals surface area contributed by atoms with Gasteiger partial charge in [0.15, 0.2) is 0 Å². The van der Waals surface area contributed by atoms with Gasteiger partial charge in [0.25, 0.3) is 5.56 Å². The molecular formula is C39H54FN4O6PS2. The molecule has 3 rings (SSSR count). The molecule has 0 aliphatic carbocycles. The number of benzene rings is 1. The van der Waals surface area contributed by atoms with Crippen LogP contribution in [0.15, 0.2) is 107 Å². The van der Waals surface area contributed by atoms with Crippen LogP contribution in [0, 0.1) is 5.82 Å². The van der Waals surface area contributed by atoms with Crippen LogP contribution < -0.4 is 26.2 Å². The number of allylic oxidation sites excluding steroid dienone is 10. The minimum atomic E-state index is -1.49. The molecule has 1 saturated heterocycles. The quantitative estimate of drug-likeness (QED) is 0.0353. The predicted molar refractivity (Wildman–Crippen MR) is 219 cm³/mol. The van der Waals surface area contributed by atoms with Gasteiger partial charge in [0.1, 0.15) is 12.0 Å². The molecule has 0 bridgehead atoms. The van der Waals surface area contributed by atoms with Crippen LogP contribution in [0.25, 0.3) is 0 Å². The number of aromatic amines is 1. The van der Waals surface area contributed by atoms with Crippen LogP contribution in [0.5, 0.6) is 5.75 Å². The highest BCUT2D eigenvalue weighted by Gasteiger charge is 2.29. The third-order valence-electron chi connectivity index (χ3n) is 7.58. The number of aromatic nitrogens is 2. The number of H-pyrrole nitrogens is 1. The van der Waals surface area contributed by atoms with E-state index in [9.17, 15) is 18.8 Å². The first kappa shape index (κ1) is 44.2. The van der Waals surface area contributed by atoms with Crippen molar-refractivity contribution >= 4 is 36.0 Å². The Labute approximate surface area is 322 Å². The topological polar surface area (TPSA) is 124 Å². The van der Waals surface area contributed by atoms with Crippen LogP contribution in [0.3, 0.4) is 0 Å². The minimum Gasteiger partial charge on any atom is -0.436 e. The number of carbonyl (C=O) groups is 1. The smallest absolute Gasteiger partial charge is 0.330 e. The van der Waals surface area contributed by atoms with Gasteiger partial charge >= 0.3 is 14.2 Å². The highest BCUT2D eigenvalue weighted by atomic mass is 33.1. The lowest BCUT2D eigenvalue weighted by Gasteiger charge is -2.21. The largest absolute Gasteiger partial charge is 0.436 e. The van der Waals surface area contributed by atoms with Crippen LogP contribution in [0.2, 0.25) is 0 Å². The molecule has 10 nitrogen and oxygen atoms in total. The molecule has 290 valence electrons. The molecule has 3 N–H and O–H groups in total. The lowest BCUT2D eigenvalue weighted by Crippen LogP contribution is -2.34. The molecular weight excluding hydrogens is 735 g/mol. The summed E-state index contributed by atoms with van der Waals surface area (Å²) in [5.41, 5.74) is -1.77. The standard InChI is InChI=1S/C39H54FN4O6PS2/c1-2-3-4-5-6-7-8-9-10-11-12-13-14-15-16-17-21-24-36(45)41-27-29-52-53-30-28-42-51(50-33-22-19-18-20-23-33)48-32-34-25-26-37(49-34)44-31-35(40)38(46)43-39(44)47/h3-4,6-7,9-10,12-13,15-16,18-20,22-23,31,34,37,42H,2,5,8,11,14,17,21,24-30,32H2,1H3,(H,41,45)(H,43,46,47)/b4-3-,7-6-,10-9-,13-12-,16-15-. The van der Waals surface area contributed by atoms with E-state index in [1.165, 1.54) is 0 Å². The molecule has 1 fully saturated rings. The molecule has 0 spiro atoms. The van der Waals surface area contributed by atoms with Crippen molar-refractivity contribution in [1.82, 2.24) is 20.0 Å². The number of unbranched alkanes of at least 4 members (excludes halogenated alkanes) is 1. The lowest BCUT2D eigenvalue weighted by atomic mass is 10.2. The Kier molecular flexibility index (Phi) is 23.6. The molecule has 1 aliphatic heterocycles. The van der Waals surface area contributed by atoms with Crippen molar-refractivity contribution < 1.29 is 23.0 Å². The molecule has 14 heteroatoms. The number of amides is 1. The first-order chi connectivity index (χ1) is 26.0. The molecule has 0 saturated carbocycles. The van der Waals surface area contributed by atoms with Gasteiger partial charge < -0.3 is 19.1 Å². The first-order valence-electron chi connectivity index (χ1n) is 18.3. The van der Waals surface area contributed by atoms with Gasteiger partial charge in [-0.25, -0.2) is 9.88 Å². The molecule has 2 aromatic rings. The van der Waals surface area contributed by atoms with Crippen molar-refractivity contribution in [2.24, 2.45) is 0 Å². The maximum atomic E-state index is 13.8. The summed E-state index contributed by atoms with van der Waals surface area (Å²) in [6.07, 6.45) is 30.0. The van der Waals surface area contributed by atoms with Gasteiger partial charge in [0.2, 0.25) is 11.7 Å². The zero-order valence-corrected chi connectivity index (χ0v) is 33.1. The first-order valence-corrected chi connectivity index (χ1v) is 21.9. The number of hydrogen-bond donors (Lipinski definition) is 3. The molecule has 1 aromatic heterocycles. The van der Waals surface area contributed by atoms with Crippen molar-refractivity contribution in [3.63, 3.8) is 0 Å². The predicted octanol–water partition coefficient (Wildman–Crippen LogP) is 8.68. The van der Waals surface area contributed by atoms with E-state index in [1.54, 1.807) is 21.6 Å². The van der Waals surface area contributed by atoms with Gasteiger partial charge in [-0.1, -0.05) is 107 Å². The van der Waals surface area contributed by atoms with E-state index in [-0.39, 0.29) is 18.6 Å². The van der Waals surface area contributed by atoms with Crippen molar-refractivity contribution in [3.8, 4) is 5.75 Å².